The molecule has 0 aliphatic carbocycles. The fraction of sp³-hybridized carbons (Fsp3) is 0.364. The van der Waals surface area contributed by atoms with Crippen molar-refractivity contribution in [2.45, 2.75) is 33.3 Å². The molecule has 0 saturated heterocycles. The molecule has 0 saturated carbocycles. The molecule has 2 aromatic rings. The van der Waals surface area contributed by atoms with E-state index in [2.05, 4.69) is 6.58 Å². The van der Waals surface area contributed by atoms with Crippen molar-refractivity contribution in [3.05, 3.63) is 101 Å². The molecule has 2 aromatic carbocycles. The molecule has 0 amide bonds. The van der Waals surface area contributed by atoms with Gasteiger partial charge in [0.1, 0.15) is 38.3 Å². The average molecular weight is 597 g/mol. The van der Waals surface area contributed by atoms with Gasteiger partial charge in [0, 0.05) is 18.6 Å². The molecule has 2 rings (SSSR count). The van der Waals surface area contributed by atoms with Crippen LogP contribution in [0.1, 0.15) is 47.1 Å². The maximum atomic E-state index is 12.6. The monoisotopic (exact) mass is 596 g/mol. The number of allylic oxidation sites excluding steroid dienone is 4. The van der Waals surface area contributed by atoms with Gasteiger partial charge in [0.25, 0.3) is 0 Å². The van der Waals surface area contributed by atoms with E-state index in [1.807, 2.05) is 45.1 Å². The molecule has 0 heterocycles. The molecule has 10 heteroatoms. The van der Waals surface area contributed by atoms with Crippen molar-refractivity contribution in [2.75, 3.05) is 39.6 Å². The summed E-state index contributed by atoms with van der Waals surface area (Å²) in [7, 11) is 0. The summed E-state index contributed by atoms with van der Waals surface area (Å²) in [6.45, 7) is 8.81. The first-order valence-corrected chi connectivity index (χ1v) is 13.8. The second-order valence-electron chi connectivity index (χ2n) is 9.83. The lowest BCUT2D eigenvalue weighted by atomic mass is 10.1. The summed E-state index contributed by atoms with van der Waals surface area (Å²) in [5.74, 6) is -0.835. The molecular weight excluding hydrogens is 556 g/mol. The van der Waals surface area contributed by atoms with Gasteiger partial charge in [-0.05, 0) is 56.2 Å². The number of hydrogen-bond donors (Lipinski definition) is 2. The third-order valence-electron chi connectivity index (χ3n) is 5.86. The highest BCUT2D eigenvalue weighted by atomic mass is 16.6. The summed E-state index contributed by atoms with van der Waals surface area (Å²) in [4.78, 5) is 36.1. The zero-order valence-electron chi connectivity index (χ0n) is 24.8. The predicted octanol–water partition coefficient (Wildman–Crippen LogP) is 4.21. The molecular formula is C33H40O10. The van der Waals surface area contributed by atoms with Crippen LogP contribution in [0.15, 0.2) is 84.7 Å². The SMILES string of the molecule is C=CC(=O)OCCOC(=O)c1ccccc1C(=O)OCC(O)COc1ccc(C/C(C)=C/C=C(\C)OCC(C)CO)cc1. The van der Waals surface area contributed by atoms with Crippen molar-refractivity contribution in [3.8, 4) is 5.75 Å². The van der Waals surface area contributed by atoms with E-state index in [1.54, 1.807) is 24.3 Å². The Balaban J connectivity index is 1.79. The van der Waals surface area contributed by atoms with Crippen LogP contribution in [0.2, 0.25) is 0 Å². The van der Waals surface area contributed by atoms with E-state index in [0.717, 1.165) is 29.4 Å². The summed E-state index contributed by atoms with van der Waals surface area (Å²) < 4.78 is 26.2. The van der Waals surface area contributed by atoms with Crippen LogP contribution in [-0.2, 0) is 30.2 Å². The van der Waals surface area contributed by atoms with Crippen molar-refractivity contribution in [1.29, 1.82) is 0 Å². The Morgan fingerprint density at radius 2 is 1.47 bits per heavy atom. The minimum absolute atomic E-state index is 0.0226. The van der Waals surface area contributed by atoms with Gasteiger partial charge in [0.15, 0.2) is 0 Å². The first-order valence-electron chi connectivity index (χ1n) is 13.8. The number of carbonyl (C=O) groups excluding carboxylic acids is 3. The molecule has 2 atom stereocenters. The van der Waals surface area contributed by atoms with Gasteiger partial charge in [-0.25, -0.2) is 14.4 Å². The first kappa shape index (κ1) is 34.8. The molecule has 0 spiro atoms. The molecule has 0 bridgehead atoms. The van der Waals surface area contributed by atoms with Gasteiger partial charge in [0.2, 0.25) is 0 Å². The summed E-state index contributed by atoms with van der Waals surface area (Å²) >= 11 is 0. The summed E-state index contributed by atoms with van der Waals surface area (Å²) in [5.41, 5.74) is 2.16. The topological polar surface area (TPSA) is 138 Å². The van der Waals surface area contributed by atoms with E-state index in [-0.39, 0.29) is 50.1 Å². The highest BCUT2D eigenvalue weighted by Gasteiger charge is 2.20. The van der Waals surface area contributed by atoms with Gasteiger partial charge in [-0.2, -0.15) is 0 Å². The van der Waals surface area contributed by atoms with E-state index >= 15 is 0 Å². The fourth-order valence-corrected chi connectivity index (χ4v) is 3.46. The van der Waals surface area contributed by atoms with E-state index in [4.69, 9.17) is 28.8 Å². The Labute approximate surface area is 252 Å². The Hall–Kier alpha value is -4.41. The van der Waals surface area contributed by atoms with Crippen molar-refractivity contribution in [3.63, 3.8) is 0 Å². The first-order chi connectivity index (χ1) is 20.6. The second kappa shape index (κ2) is 18.9. The number of carbonyl (C=O) groups is 3. The molecule has 0 aliphatic rings. The molecule has 0 aliphatic heterocycles. The molecule has 2 unspecified atom stereocenters. The standard InChI is InChI=1S/C33H40O10/c1-5-31(36)39-16-17-40-32(37)29-8-6-7-9-30(29)33(38)43-22-27(35)21-42-28-14-12-26(13-15-28)18-23(2)10-11-25(4)41-20-24(3)19-34/h5-15,24,27,34-35H,1,16-22H2,2-4H3/b23-10+,25-11+. The lowest BCUT2D eigenvalue weighted by Crippen LogP contribution is -2.26. The van der Waals surface area contributed by atoms with E-state index < -0.39 is 24.0 Å². The Morgan fingerprint density at radius 3 is 2.09 bits per heavy atom. The number of aliphatic hydroxyl groups excluding tert-OH is 2. The van der Waals surface area contributed by atoms with Crippen LogP contribution in [0, 0.1) is 5.92 Å². The lowest BCUT2D eigenvalue weighted by molar-refractivity contribution is -0.138. The molecule has 0 fully saturated rings. The third kappa shape index (κ3) is 13.4. The number of hydrogen-bond acceptors (Lipinski definition) is 10. The second-order valence-corrected chi connectivity index (χ2v) is 9.83. The summed E-state index contributed by atoms with van der Waals surface area (Å²) in [5, 5.41) is 19.4. The minimum Gasteiger partial charge on any atom is -0.498 e. The number of rotatable bonds is 18. The van der Waals surface area contributed by atoms with Crippen molar-refractivity contribution >= 4 is 17.9 Å². The number of benzene rings is 2. The molecule has 0 radical (unpaired) electrons. The normalized spacial score (nSPS) is 13.0. The Morgan fingerprint density at radius 1 is 0.837 bits per heavy atom. The smallest absolute Gasteiger partial charge is 0.339 e. The van der Waals surface area contributed by atoms with Crippen LogP contribution >= 0.6 is 0 Å². The average Bonchev–Trinajstić information content (AvgIpc) is 3.02. The highest BCUT2D eigenvalue weighted by molar-refractivity contribution is 6.03. The zero-order valence-corrected chi connectivity index (χ0v) is 24.8. The lowest BCUT2D eigenvalue weighted by Gasteiger charge is -2.14. The number of ether oxygens (including phenoxy) is 5. The molecule has 232 valence electrons. The molecule has 10 nitrogen and oxygen atoms in total. The Bertz CT molecular complexity index is 1260. The molecule has 0 aromatic heterocycles. The number of aliphatic hydroxyl groups is 2. The van der Waals surface area contributed by atoms with Crippen LogP contribution < -0.4 is 4.74 Å². The van der Waals surface area contributed by atoms with Crippen LogP contribution in [0.3, 0.4) is 0 Å². The predicted molar refractivity (Wildman–Crippen MR) is 160 cm³/mol. The maximum Gasteiger partial charge on any atom is 0.339 e. The van der Waals surface area contributed by atoms with Crippen LogP contribution in [0.4, 0.5) is 0 Å². The summed E-state index contributed by atoms with van der Waals surface area (Å²) in [6.07, 6.45) is 4.51. The van der Waals surface area contributed by atoms with E-state index in [9.17, 15) is 19.5 Å². The fourth-order valence-electron chi connectivity index (χ4n) is 3.46. The largest absolute Gasteiger partial charge is 0.498 e. The van der Waals surface area contributed by atoms with Gasteiger partial charge >= 0.3 is 17.9 Å². The summed E-state index contributed by atoms with van der Waals surface area (Å²) in [6, 6.07) is 13.4. The zero-order chi connectivity index (χ0) is 31.6. The molecule has 43 heavy (non-hydrogen) atoms. The van der Waals surface area contributed by atoms with Crippen LogP contribution in [-0.4, -0.2) is 73.9 Å². The van der Waals surface area contributed by atoms with Gasteiger partial charge in [-0.3, -0.25) is 0 Å². The van der Waals surface area contributed by atoms with Crippen LogP contribution in [0.5, 0.6) is 5.75 Å². The van der Waals surface area contributed by atoms with Gasteiger partial charge < -0.3 is 33.9 Å². The van der Waals surface area contributed by atoms with Gasteiger partial charge in [-0.15, -0.1) is 0 Å². The third-order valence-corrected chi connectivity index (χ3v) is 5.86. The Kier molecular flexibility index (Phi) is 15.3. The minimum atomic E-state index is -1.11. The quantitative estimate of drug-likeness (QED) is 0.0643. The van der Waals surface area contributed by atoms with Gasteiger partial charge in [-0.1, -0.05) is 49.4 Å². The van der Waals surface area contributed by atoms with Gasteiger partial charge in [0.05, 0.1) is 23.5 Å². The maximum absolute atomic E-state index is 12.6. The van der Waals surface area contributed by atoms with E-state index in [0.29, 0.717) is 12.4 Å². The van der Waals surface area contributed by atoms with Crippen molar-refractivity contribution in [2.24, 2.45) is 5.92 Å². The number of esters is 3. The van der Waals surface area contributed by atoms with Crippen LogP contribution in [0.25, 0.3) is 0 Å². The van der Waals surface area contributed by atoms with Crippen molar-refractivity contribution in [1.82, 2.24) is 0 Å². The molecule has 2 N–H and O–H groups in total. The highest BCUT2D eigenvalue weighted by Crippen LogP contribution is 2.16. The van der Waals surface area contributed by atoms with E-state index in [1.165, 1.54) is 12.1 Å². The van der Waals surface area contributed by atoms with Crippen molar-refractivity contribution < 1.29 is 48.3 Å².